The van der Waals surface area contributed by atoms with Crippen LogP contribution in [-0.4, -0.2) is 28.5 Å². The first-order chi connectivity index (χ1) is 13.6. The van der Waals surface area contributed by atoms with Gasteiger partial charge in [0.25, 0.3) is 5.91 Å². The van der Waals surface area contributed by atoms with Crippen molar-refractivity contribution in [3.8, 4) is 0 Å². The third-order valence-electron chi connectivity index (χ3n) is 5.04. The molecule has 1 atom stereocenters. The maximum absolute atomic E-state index is 13.9. The lowest BCUT2D eigenvalue weighted by Gasteiger charge is -2.37. The molecule has 0 saturated heterocycles. The van der Waals surface area contributed by atoms with Gasteiger partial charge in [0, 0.05) is 23.0 Å². The molecule has 1 aromatic heterocycles. The predicted octanol–water partition coefficient (Wildman–Crippen LogP) is 5.49. The van der Waals surface area contributed by atoms with Crippen molar-refractivity contribution in [1.29, 1.82) is 0 Å². The van der Waals surface area contributed by atoms with Crippen molar-refractivity contribution in [3.05, 3.63) is 70.9 Å². The fraction of sp³-hybridized carbons (Fsp3) is 0.250. The van der Waals surface area contributed by atoms with Crippen molar-refractivity contribution >= 4 is 16.8 Å². The van der Waals surface area contributed by atoms with Crippen molar-refractivity contribution in [1.82, 2.24) is 9.88 Å². The van der Waals surface area contributed by atoms with Crippen molar-refractivity contribution in [2.24, 2.45) is 0 Å². The highest BCUT2D eigenvalue weighted by atomic mass is 19.4. The van der Waals surface area contributed by atoms with E-state index in [-0.39, 0.29) is 18.7 Å². The van der Waals surface area contributed by atoms with Gasteiger partial charge in [-0.1, -0.05) is 24.3 Å². The SMILES string of the molecule is O=C(c1cccc(C(F)(F)F)c1)N1CCc2c([nH]c3ccccc23)[C@@H]1C(F)(F)F. The molecule has 0 aliphatic carbocycles. The third kappa shape index (κ3) is 3.34. The van der Waals surface area contributed by atoms with Crippen LogP contribution in [0.2, 0.25) is 0 Å². The van der Waals surface area contributed by atoms with Crippen LogP contribution in [0.25, 0.3) is 10.9 Å². The molecule has 0 fully saturated rings. The number of fused-ring (bicyclic) bond motifs is 3. The summed E-state index contributed by atoms with van der Waals surface area (Å²) < 4.78 is 80.7. The number of halogens is 6. The molecule has 0 bridgehead atoms. The van der Waals surface area contributed by atoms with Gasteiger partial charge in [-0.05, 0) is 36.2 Å². The van der Waals surface area contributed by atoms with Crippen molar-refractivity contribution in [2.45, 2.75) is 24.8 Å². The Balaban J connectivity index is 1.79. The zero-order valence-corrected chi connectivity index (χ0v) is 14.7. The van der Waals surface area contributed by atoms with Crippen LogP contribution >= 0.6 is 0 Å². The van der Waals surface area contributed by atoms with Gasteiger partial charge in [0.1, 0.15) is 0 Å². The maximum atomic E-state index is 13.9. The first-order valence-electron chi connectivity index (χ1n) is 8.72. The second-order valence-electron chi connectivity index (χ2n) is 6.83. The van der Waals surface area contributed by atoms with Crippen LogP contribution in [0.4, 0.5) is 26.3 Å². The molecule has 0 radical (unpaired) electrons. The van der Waals surface area contributed by atoms with E-state index in [2.05, 4.69) is 4.98 Å². The number of hydrogen-bond acceptors (Lipinski definition) is 1. The molecule has 0 saturated carbocycles. The van der Waals surface area contributed by atoms with E-state index < -0.39 is 35.4 Å². The number of H-pyrrole nitrogens is 1. The number of alkyl halides is 6. The summed E-state index contributed by atoms with van der Waals surface area (Å²) in [6.45, 7) is -0.256. The molecule has 0 unspecified atom stereocenters. The summed E-state index contributed by atoms with van der Waals surface area (Å²) in [4.78, 5) is 16.1. The van der Waals surface area contributed by atoms with Crippen molar-refractivity contribution in [2.75, 3.05) is 6.54 Å². The predicted molar refractivity (Wildman–Crippen MR) is 93.3 cm³/mol. The van der Waals surface area contributed by atoms with Crippen molar-refractivity contribution < 1.29 is 31.1 Å². The molecular formula is C20H14F6N2O. The lowest BCUT2D eigenvalue weighted by molar-refractivity contribution is -0.182. The van der Waals surface area contributed by atoms with E-state index >= 15 is 0 Å². The Bertz CT molecular complexity index is 1080. The van der Waals surface area contributed by atoms with Gasteiger partial charge in [0.2, 0.25) is 0 Å². The summed E-state index contributed by atoms with van der Waals surface area (Å²) in [5, 5.41) is 0.642. The van der Waals surface area contributed by atoms with Gasteiger partial charge in [-0.2, -0.15) is 26.3 Å². The van der Waals surface area contributed by atoms with Gasteiger partial charge < -0.3 is 9.88 Å². The summed E-state index contributed by atoms with van der Waals surface area (Å²) in [6, 6.07) is 7.91. The number of rotatable bonds is 1. The first-order valence-corrected chi connectivity index (χ1v) is 8.72. The van der Waals surface area contributed by atoms with Crippen LogP contribution in [0, 0.1) is 0 Å². The molecule has 1 N–H and O–H groups in total. The van der Waals surface area contributed by atoms with Crippen LogP contribution in [0.15, 0.2) is 48.5 Å². The van der Waals surface area contributed by atoms with Gasteiger partial charge in [-0.3, -0.25) is 4.79 Å². The summed E-state index contributed by atoms with van der Waals surface area (Å²) in [6.07, 6.45) is -9.34. The number of aromatic nitrogens is 1. The van der Waals surface area contributed by atoms with Gasteiger partial charge in [0.15, 0.2) is 6.04 Å². The highest BCUT2D eigenvalue weighted by Crippen LogP contribution is 2.44. The normalized spacial score (nSPS) is 17.4. The minimum absolute atomic E-state index is 0.148. The molecule has 0 spiro atoms. The number of benzene rings is 2. The summed E-state index contributed by atoms with van der Waals surface area (Å²) in [5.41, 5.74) is -0.690. The number of nitrogens with zero attached hydrogens (tertiary/aromatic N) is 1. The second kappa shape index (κ2) is 6.53. The molecule has 29 heavy (non-hydrogen) atoms. The Hall–Kier alpha value is -2.97. The van der Waals surface area contributed by atoms with E-state index in [4.69, 9.17) is 0 Å². The molecule has 3 aromatic rings. The average molecular weight is 412 g/mol. The van der Waals surface area contributed by atoms with Crippen LogP contribution < -0.4 is 0 Å². The molecule has 4 rings (SSSR count). The second-order valence-corrected chi connectivity index (χ2v) is 6.83. The quantitative estimate of drug-likeness (QED) is 0.528. The van der Waals surface area contributed by atoms with Crippen molar-refractivity contribution in [3.63, 3.8) is 0 Å². The van der Waals surface area contributed by atoms with Gasteiger partial charge in [-0.25, -0.2) is 0 Å². The Kier molecular flexibility index (Phi) is 4.36. The zero-order valence-electron chi connectivity index (χ0n) is 14.7. The smallest absolute Gasteiger partial charge is 0.356 e. The molecule has 2 aromatic carbocycles. The van der Waals surface area contributed by atoms with E-state index in [1.54, 1.807) is 24.3 Å². The first kappa shape index (κ1) is 19.4. The summed E-state index contributed by atoms with van der Waals surface area (Å²) in [5.74, 6) is -1.09. The lowest BCUT2D eigenvalue weighted by Crippen LogP contribution is -2.46. The van der Waals surface area contributed by atoms with E-state index in [9.17, 15) is 31.1 Å². The largest absolute Gasteiger partial charge is 0.416 e. The molecule has 1 aliphatic heterocycles. The van der Waals surface area contributed by atoms with Crippen LogP contribution in [0.1, 0.15) is 33.2 Å². The molecule has 1 aliphatic rings. The molecule has 2 heterocycles. The minimum atomic E-state index is -4.80. The van der Waals surface area contributed by atoms with E-state index in [1.165, 1.54) is 0 Å². The number of hydrogen-bond donors (Lipinski definition) is 1. The maximum Gasteiger partial charge on any atom is 0.416 e. The monoisotopic (exact) mass is 412 g/mol. The fourth-order valence-electron chi connectivity index (χ4n) is 3.79. The minimum Gasteiger partial charge on any atom is -0.356 e. The van der Waals surface area contributed by atoms with E-state index in [0.29, 0.717) is 27.4 Å². The number of nitrogens with one attached hydrogen (secondary N) is 1. The molecule has 1 amide bonds. The van der Waals surface area contributed by atoms with Gasteiger partial charge in [0.05, 0.1) is 11.3 Å². The number of para-hydroxylation sites is 1. The topological polar surface area (TPSA) is 36.1 Å². The summed E-state index contributed by atoms with van der Waals surface area (Å²) >= 11 is 0. The highest BCUT2D eigenvalue weighted by Gasteiger charge is 2.50. The Morgan fingerprint density at radius 1 is 1.00 bits per heavy atom. The number of carbonyl (C=O) groups excluding carboxylic acids is 1. The number of amides is 1. The van der Waals surface area contributed by atoms with Crippen LogP contribution in [-0.2, 0) is 12.6 Å². The van der Waals surface area contributed by atoms with E-state index in [0.717, 1.165) is 18.2 Å². The lowest BCUT2D eigenvalue weighted by atomic mass is 9.95. The Morgan fingerprint density at radius 2 is 1.72 bits per heavy atom. The van der Waals surface area contributed by atoms with Crippen LogP contribution in [0.3, 0.4) is 0 Å². The van der Waals surface area contributed by atoms with Crippen LogP contribution in [0.5, 0.6) is 0 Å². The van der Waals surface area contributed by atoms with Gasteiger partial charge >= 0.3 is 12.4 Å². The highest BCUT2D eigenvalue weighted by molar-refractivity contribution is 5.95. The standard InChI is InChI=1S/C20H14F6N2O/c21-19(22,23)12-5-3-4-11(10-12)18(29)28-9-8-14-13-6-1-2-7-15(13)27-16(14)17(28)20(24,25)26/h1-7,10,17,27H,8-9H2/t17-/m1/s1. The van der Waals surface area contributed by atoms with E-state index in [1.807, 2.05) is 0 Å². The van der Waals surface area contributed by atoms with Gasteiger partial charge in [-0.15, -0.1) is 0 Å². The fourth-order valence-corrected chi connectivity index (χ4v) is 3.79. The zero-order chi connectivity index (χ0) is 21.0. The molecule has 152 valence electrons. The molecular weight excluding hydrogens is 398 g/mol. The third-order valence-corrected chi connectivity index (χ3v) is 5.04. The molecule has 3 nitrogen and oxygen atoms in total. The summed E-state index contributed by atoms with van der Waals surface area (Å²) in [7, 11) is 0. The Morgan fingerprint density at radius 3 is 2.41 bits per heavy atom. The molecule has 9 heteroatoms. The number of carbonyl (C=O) groups is 1. The number of aromatic amines is 1. The Labute approximate surface area is 160 Å². The average Bonchev–Trinajstić information content (AvgIpc) is 3.03.